The maximum atomic E-state index is 6.66. The van der Waals surface area contributed by atoms with E-state index in [4.69, 9.17) is 4.12 Å². The summed E-state index contributed by atoms with van der Waals surface area (Å²) in [4.78, 5) is 0. The van der Waals surface area contributed by atoms with Crippen molar-refractivity contribution in [2.45, 2.75) is 65.5 Å². The van der Waals surface area contributed by atoms with Crippen LogP contribution in [0, 0.1) is 22.2 Å². The molecule has 0 atom stereocenters. The van der Waals surface area contributed by atoms with Crippen molar-refractivity contribution in [3.05, 3.63) is 22.8 Å². The van der Waals surface area contributed by atoms with Crippen molar-refractivity contribution in [3.8, 4) is 22.2 Å². The van der Waals surface area contributed by atoms with Crippen LogP contribution in [0.2, 0.25) is 65.5 Å². The second-order valence-corrected chi connectivity index (χ2v) is 29.2. The van der Waals surface area contributed by atoms with Crippen LogP contribution in [-0.2, 0) is 4.12 Å². The molecule has 0 aliphatic carbocycles. The van der Waals surface area contributed by atoms with Crippen molar-refractivity contribution in [3.63, 3.8) is 0 Å². The molecule has 1 heterocycles. The van der Waals surface area contributed by atoms with Crippen LogP contribution in [0.25, 0.3) is 0 Å². The molecule has 6 heteroatoms. The zero-order chi connectivity index (χ0) is 18.9. The Bertz CT molecular complexity index is 605. The van der Waals surface area contributed by atoms with Gasteiger partial charge in [0.2, 0.25) is 8.07 Å². The summed E-state index contributed by atoms with van der Waals surface area (Å²) in [6.45, 7) is 23.1. The Labute approximate surface area is 155 Å². The fourth-order valence-electron chi connectivity index (χ4n) is 2.31. The zero-order valence-corrected chi connectivity index (χ0v) is 22.2. The SMILES string of the molecule is C[Si]1(C)C#C[Si](C)(C)/C=C\[Si](C)(C)O[Si](C)(C)/C=C\[Si](C)(C)C#C1. The summed E-state index contributed by atoms with van der Waals surface area (Å²) >= 11 is 0. The van der Waals surface area contributed by atoms with Crippen molar-refractivity contribution >= 4 is 40.9 Å². The molecule has 0 saturated carbocycles. The Morgan fingerprint density at radius 3 is 1.17 bits per heavy atom. The Hall–Kier alpha value is -0.356. The fourth-order valence-corrected chi connectivity index (χ4v) is 20.1. The van der Waals surface area contributed by atoms with Crippen LogP contribution < -0.4 is 0 Å². The van der Waals surface area contributed by atoms with Gasteiger partial charge in [0.05, 0.1) is 0 Å². The number of hydrogen-bond acceptors (Lipinski definition) is 1. The lowest BCUT2D eigenvalue weighted by atomic mass is 11.2. The predicted molar refractivity (Wildman–Crippen MR) is 122 cm³/mol. The first-order valence-corrected chi connectivity index (χ1v) is 23.9. The van der Waals surface area contributed by atoms with E-state index in [-0.39, 0.29) is 0 Å². The third kappa shape index (κ3) is 8.15. The van der Waals surface area contributed by atoms with Gasteiger partial charge in [-0.1, -0.05) is 49.0 Å². The summed E-state index contributed by atoms with van der Waals surface area (Å²) in [7, 11) is -8.73. The topological polar surface area (TPSA) is 9.23 Å². The minimum Gasteiger partial charge on any atom is -0.449 e. The fraction of sp³-hybridized carbons (Fsp3) is 0.556. The molecular weight excluding hydrogens is 373 g/mol. The van der Waals surface area contributed by atoms with Gasteiger partial charge in [-0.25, -0.2) is 0 Å². The molecule has 0 fully saturated rings. The van der Waals surface area contributed by atoms with Crippen molar-refractivity contribution in [2.24, 2.45) is 0 Å². The minimum atomic E-state index is -1.81. The van der Waals surface area contributed by atoms with Crippen LogP contribution in [0.15, 0.2) is 22.8 Å². The van der Waals surface area contributed by atoms with Crippen molar-refractivity contribution < 1.29 is 4.12 Å². The molecule has 0 aromatic carbocycles. The summed E-state index contributed by atoms with van der Waals surface area (Å²) in [6, 6.07) is 0. The maximum absolute atomic E-state index is 6.66. The molecule has 0 aromatic heterocycles. The first kappa shape index (κ1) is 21.7. The highest BCUT2D eigenvalue weighted by molar-refractivity contribution is 6.99. The summed E-state index contributed by atoms with van der Waals surface area (Å²) in [5, 5.41) is 0. The van der Waals surface area contributed by atoms with Gasteiger partial charge >= 0.3 is 0 Å². The Morgan fingerprint density at radius 2 is 0.833 bits per heavy atom. The molecule has 0 bridgehead atoms. The predicted octanol–water partition coefficient (Wildman–Crippen LogP) is 4.98. The van der Waals surface area contributed by atoms with Gasteiger partial charge in [-0.15, -0.1) is 22.2 Å². The van der Waals surface area contributed by atoms with Crippen LogP contribution in [0.4, 0.5) is 0 Å². The lowest BCUT2D eigenvalue weighted by Gasteiger charge is -2.31. The summed E-state index contributed by atoms with van der Waals surface area (Å²) < 4.78 is 6.66. The van der Waals surface area contributed by atoms with Crippen LogP contribution >= 0.6 is 0 Å². The molecule has 0 saturated heterocycles. The Morgan fingerprint density at radius 1 is 0.500 bits per heavy atom. The van der Waals surface area contributed by atoms with Gasteiger partial charge < -0.3 is 4.12 Å². The van der Waals surface area contributed by atoms with E-state index in [2.05, 4.69) is 110 Å². The van der Waals surface area contributed by atoms with Gasteiger partial charge in [-0.05, 0) is 39.3 Å². The third-order valence-electron chi connectivity index (χ3n) is 3.72. The standard InChI is InChI=1S/C18H34OSi5/c1-20(2)11-13-21(3,4)15-17-23(7,8)19-24(9,10)18-16-22(5,6)14-12-20/h15-18H,1-10H3/b17-15-,18-16-. The largest absolute Gasteiger partial charge is 0.449 e. The average Bonchev–Trinajstić information content (AvgIpc) is 2.39. The molecule has 1 rings (SSSR count). The lowest BCUT2D eigenvalue weighted by molar-refractivity contribution is 0.571. The van der Waals surface area contributed by atoms with Gasteiger partial charge in [-0.2, -0.15) is 0 Å². The number of rotatable bonds is 0. The third-order valence-corrected chi connectivity index (χ3v) is 16.1. The molecule has 24 heavy (non-hydrogen) atoms. The molecule has 0 spiro atoms. The Kier molecular flexibility index (Phi) is 6.42. The quantitative estimate of drug-likeness (QED) is 0.407. The Balaban J connectivity index is 3.45. The molecule has 1 aliphatic rings. The van der Waals surface area contributed by atoms with Gasteiger partial charge in [0.15, 0.2) is 32.8 Å². The molecule has 1 nitrogen and oxygen atoms in total. The van der Waals surface area contributed by atoms with E-state index in [1.165, 1.54) is 0 Å². The highest BCUT2D eigenvalue weighted by Gasteiger charge is 2.31. The monoisotopic (exact) mass is 406 g/mol. The molecule has 1 aliphatic heterocycles. The van der Waals surface area contributed by atoms with Gasteiger partial charge in [0.25, 0.3) is 0 Å². The second kappa shape index (κ2) is 7.10. The van der Waals surface area contributed by atoms with Crippen molar-refractivity contribution in [2.75, 3.05) is 0 Å². The van der Waals surface area contributed by atoms with Gasteiger partial charge in [0, 0.05) is 0 Å². The molecule has 0 N–H and O–H groups in total. The minimum absolute atomic E-state index is 1.67. The summed E-state index contributed by atoms with van der Waals surface area (Å²) in [5.74, 6) is 0. The smallest absolute Gasteiger partial charge is 0.209 e. The molecule has 132 valence electrons. The molecular formula is C18H34OSi5. The van der Waals surface area contributed by atoms with Gasteiger partial charge in [0.1, 0.15) is 0 Å². The van der Waals surface area contributed by atoms with E-state index in [0.717, 1.165) is 0 Å². The maximum Gasteiger partial charge on any atom is 0.209 e. The molecule has 0 radical (unpaired) electrons. The van der Waals surface area contributed by atoms with Crippen LogP contribution in [-0.4, -0.2) is 40.9 Å². The highest BCUT2D eigenvalue weighted by Crippen LogP contribution is 2.19. The van der Waals surface area contributed by atoms with E-state index in [0.29, 0.717) is 0 Å². The summed E-state index contributed by atoms with van der Waals surface area (Å²) in [6.07, 6.45) is 0. The highest BCUT2D eigenvalue weighted by atomic mass is 28.4. The van der Waals surface area contributed by atoms with Crippen molar-refractivity contribution in [1.29, 1.82) is 0 Å². The first-order valence-electron chi connectivity index (χ1n) is 8.73. The van der Waals surface area contributed by atoms with E-state index in [1.807, 2.05) is 0 Å². The number of hydrogen-bond donors (Lipinski definition) is 0. The van der Waals surface area contributed by atoms with Crippen LogP contribution in [0.5, 0.6) is 0 Å². The van der Waals surface area contributed by atoms with Gasteiger partial charge in [-0.3, -0.25) is 0 Å². The summed E-state index contributed by atoms with van der Waals surface area (Å²) in [5.41, 5.74) is 24.0. The van der Waals surface area contributed by atoms with E-state index in [1.54, 1.807) is 0 Å². The van der Waals surface area contributed by atoms with E-state index < -0.39 is 40.9 Å². The van der Waals surface area contributed by atoms with Crippen LogP contribution in [0.3, 0.4) is 0 Å². The molecule has 0 unspecified atom stereocenters. The van der Waals surface area contributed by atoms with E-state index >= 15 is 0 Å². The normalized spacial score (nSPS) is 28.9. The van der Waals surface area contributed by atoms with E-state index in [9.17, 15) is 0 Å². The lowest BCUT2D eigenvalue weighted by Crippen LogP contribution is -2.43. The first-order chi connectivity index (χ1) is 10.5. The van der Waals surface area contributed by atoms with Crippen LogP contribution in [0.1, 0.15) is 0 Å². The average molecular weight is 407 g/mol. The molecule has 0 amide bonds. The van der Waals surface area contributed by atoms with Crippen molar-refractivity contribution in [1.82, 2.24) is 0 Å². The zero-order valence-electron chi connectivity index (χ0n) is 17.2. The second-order valence-electron chi connectivity index (χ2n) is 9.54. The molecule has 0 aromatic rings.